The molecule has 1 aromatic carbocycles. The van der Waals surface area contributed by atoms with Crippen molar-refractivity contribution in [3.63, 3.8) is 0 Å². The zero-order valence-electron chi connectivity index (χ0n) is 14.8. The summed E-state index contributed by atoms with van der Waals surface area (Å²) in [7, 11) is 5.46. The van der Waals surface area contributed by atoms with E-state index in [1.807, 2.05) is 30.1 Å². The first kappa shape index (κ1) is 17.2. The Morgan fingerprint density at radius 1 is 1.20 bits per heavy atom. The summed E-state index contributed by atoms with van der Waals surface area (Å²) in [6, 6.07) is 9.36. The summed E-state index contributed by atoms with van der Waals surface area (Å²) < 4.78 is 1.63. The first-order valence-corrected chi connectivity index (χ1v) is 8.31. The van der Waals surface area contributed by atoms with Crippen LogP contribution in [0.1, 0.15) is 32.5 Å². The van der Waals surface area contributed by atoms with E-state index in [4.69, 9.17) is 0 Å². The number of nitrogens with zero attached hydrogens (tertiary/aromatic N) is 4. The van der Waals surface area contributed by atoms with E-state index in [1.165, 1.54) is 0 Å². The third-order valence-electron chi connectivity index (χ3n) is 4.63. The summed E-state index contributed by atoms with van der Waals surface area (Å²) in [5, 5.41) is 6.86. The highest BCUT2D eigenvalue weighted by Gasteiger charge is 2.30. The maximum absolute atomic E-state index is 12.7. The zero-order valence-corrected chi connectivity index (χ0v) is 14.8. The molecule has 2 aromatic rings. The molecule has 25 heavy (non-hydrogen) atoms. The van der Waals surface area contributed by atoms with Crippen LogP contribution in [0.25, 0.3) is 0 Å². The average molecular weight is 341 g/mol. The maximum Gasteiger partial charge on any atom is 0.274 e. The Kier molecular flexibility index (Phi) is 4.85. The van der Waals surface area contributed by atoms with Crippen molar-refractivity contribution in [2.24, 2.45) is 7.05 Å². The van der Waals surface area contributed by atoms with Gasteiger partial charge in [-0.1, -0.05) is 12.1 Å². The number of rotatable bonds is 3. The maximum atomic E-state index is 12.7. The topological polar surface area (TPSA) is 70.5 Å². The monoisotopic (exact) mass is 341 g/mol. The van der Waals surface area contributed by atoms with Gasteiger partial charge in [0.05, 0.1) is 6.04 Å². The van der Waals surface area contributed by atoms with E-state index in [9.17, 15) is 9.59 Å². The zero-order chi connectivity index (χ0) is 18.0. The number of benzene rings is 1. The molecule has 0 saturated carbocycles. The van der Waals surface area contributed by atoms with Gasteiger partial charge in [-0.05, 0) is 30.8 Å². The van der Waals surface area contributed by atoms with Crippen LogP contribution in [0.5, 0.6) is 0 Å². The molecule has 1 atom stereocenters. The van der Waals surface area contributed by atoms with Gasteiger partial charge in [-0.2, -0.15) is 5.10 Å². The van der Waals surface area contributed by atoms with Crippen LogP contribution in [-0.2, 0) is 7.05 Å². The van der Waals surface area contributed by atoms with Crippen LogP contribution in [0.2, 0.25) is 0 Å². The lowest BCUT2D eigenvalue weighted by molar-refractivity contribution is 0.0539. The summed E-state index contributed by atoms with van der Waals surface area (Å²) in [6.45, 7) is 2.01. The van der Waals surface area contributed by atoms with Crippen molar-refractivity contribution >= 4 is 11.8 Å². The van der Waals surface area contributed by atoms with Crippen LogP contribution in [-0.4, -0.2) is 65.1 Å². The predicted molar refractivity (Wildman–Crippen MR) is 94.3 cm³/mol. The molecule has 0 radical (unpaired) electrons. The number of hydrogen-bond acceptors (Lipinski definition) is 4. The molecule has 1 saturated heterocycles. The third-order valence-corrected chi connectivity index (χ3v) is 4.63. The lowest BCUT2D eigenvalue weighted by Gasteiger charge is -2.39. The van der Waals surface area contributed by atoms with E-state index < -0.39 is 0 Å². The first-order valence-electron chi connectivity index (χ1n) is 8.31. The Balaban J connectivity index is 1.81. The van der Waals surface area contributed by atoms with Crippen molar-refractivity contribution in [1.29, 1.82) is 0 Å². The molecule has 0 aliphatic carbocycles. The minimum Gasteiger partial charge on any atom is -0.355 e. The number of nitrogens with one attached hydrogen (secondary N) is 1. The number of aromatic nitrogens is 2. The molecular weight excluding hydrogens is 318 g/mol. The molecule has 1 aromatic heterocycles. The second-order valence-electron chi connectivity index (χ2n) is 6.33. The molecule has 132 valence electrons. The smallest absolute Gasteiger partial charge is 0.274 e. The Labute approximate surface area is 147 Å². The van der Waals surface area contributed by atoms with Crippen LogP contribution < -0.4 is 5.32 Å². The third kappa shape index (κ3) is 3.56. The van der Waals surface area contributed by atoms with Crippen molar-refractivity contribution in [2.45, 2.75) is 6.04 Å². The van der Waals surface area contributed by atoms with Gasteiger partial charge in [0, 0.05) is 45.5 Å². The minimum atomic E-state index is -0.110. The lowest BCUT2D eigenvalue weighted by Crippen LogP contribution is -2.49. The Morgan fingerprint density at radius 3 is 2.68 bits per heavy atom. The highest BCUT2D eigenvalue weighted by atomic mass is 16.2. The summed E-state index contributed by atoms with van der Waals surface area (Å²) in [4.78, 5) is 28.6. The first-order chi connectivity index (χ1) is 12.0. The van der Waals surface area contributed by atoms with Gasteiger partial charge in [0.1, 0.15) is 5.69 Å². The summed E-state index contributed by atoms with van der Waals surface area (Å²) in [5.41, 5.74) is 2.12. The minimum absolute atomic E-state index is 0.0472. The molecule has 7 heteroatoms. The lowest BCUT2D eigenvalue weighted by atomic mass is 10.00. The SMILES string of the molecule is CNC(=O)c1cccc(C2CN(C(=O)c3ccn(C)n3)CCN2C)c1. The molecule has 1 aliphatic rings. The van der Waals surface area contributed by atoms with Crippen LogP contribution in [0.4, 0.5) is 0 Å². The van der Waals surface area contributed by atoms with E-state index in [1.54, 1.807) is 37.1 Å². The van der Waals surface area contributed by atoms with E-state index in [0.717, 1.165) is 12.1 Å². The molecule has 1 unspecified atom stereocenters. The van der Waals surface area contributed by atoms with Crippen LogP contribution in [0.15, 0.2) is 36.5 Å². The molecule has 1 aliphatic heterocycles. The van der Waals surface area contributed by atoms with Gasteiger partial charge in [-0.25, -0.2) is 0 Å². The van der Waals surface area contributed by atoms with Crippen molar-refractivity contribution in [2.75, 3.05) is 33.7 Å². The fraction of sp³-hybridized carbons (Fsp3) is 0.389. The molecule has 1 fully saturated rings. The highest BCUT2D eigenvalue weighted by Crippen LogP contribution is 2.25. The summed E-state index contributed by atoms with van der Waals surface area (Å²) >= 11 is 0. The van der Waals surface area contributed by atoms with Gasteiger partial charge in [0.2, 0.25) is 0 Å². The second kappa shape index (κ2) is 7.06. The summed E-state index contributed by atoms with van der Waals surface area (Å²) in [6.07, 6.45) is 1.77. The van der Waals surface area contributed by atoms with Gasteiger partial charge >= 0.3 is 0 Å². The Bertz CT molecular complexity index is 785. The molecule has 0 spiro atoms. The van der Waals surface area contributed by atoms with Gasteiger partial charge in [0.15, 0.2) is 0 Å². The predicted octanol–water partition coefficient (Wildman–Crippen LogP) is 0.909. The molecule has 2 heterocycles. The van der Waals surface area contributed by atoms with Gasteiger partial charge < -0.3 is 10.2 Å². The number of carbonyl (C=O) groups is 2. The molecule has 1 N–H and O–H groups in total. The van der Waals surface area contributed by atoms with Crippen LogP contribution in [0.3, 0.4) is 0 Å². The quantitative estimate of drug-likeness (QED) is 0.901. The number of carbonyl (C=O) groups excluding carboxylic acids is 2. The molecule has 0 bridgehead atoms. The average Bonchev–Trinajstić information content (AvgIpc) is 3.07. The second-order valence-corrected chi connectivity index (χ2v) is 6.33. The molecular formula is C18H23N5O2. The standard InChI is InChI=1S/C18H23N5O2/c1-19-17(24)14-6-4-5-13(11-14)16-12-23(10-9-21(16)2)18(25)15-7-8-22(3)20-15/h4-8,11,16H,9-10,12H2,1-3H3,(H,19,24). The number of piperazine rings is 1. The largest absolute Gasteiger partial charge is 0.355 e. The van der Waals surface area contributed by atoms with Gasteiger partial charge in [-0.15, -0.1) is 0 Å². The van der Waals surface area contributed by atoms with E-state index >= 15 is 0 Å². The fourth-order valence-corrected chi connectivity index (χ4v) is 3.14. The molecule has 2 amide bonds. The van der Waals surface area contributed by atoms with E-state index in [-0.39, 0.29) is 17.9 Å². The molecule has 3 rings (SSSR count). The summed E-state index contributed by atoms with van der Waals surface area (Å²) in [5.74, 6) is -0.164. The van der Waals surface area contributed by atoms with Gasteiger partial charge in [-0.3, -0.25) is 19.2 Å². The number of likely N-dealkylation sites (N-methyl/N-ethyl adjacent to an activating group) is 1. The van der Waals surface area contributed by atoms with E-state index in [2.05, 4.69) is 15.3 Å². The van der Waals surface area contributed by atoms with Crippen molar-refractivity contribution in [3.05, 3.63) is 53.3 Å². The number of aryl methyl sites for hydroxylation is 1. The Hall–Kier alpha value is -2.67. The number of hydrogen-bond donors (Lipinski definition) is 1. The van der Waals surface area contributed by atoms with Gasteiger partial charge in [0.25, 0.3) is 11.8 Å². The van der Waals surface area contributed by atoms with Crippen LogP contribution in [0, 0.1) is 0 Å². The van der Waals surface area contributed by atoms with Crippen molar-refractivity contribution in [3.8, 4) is 0 Å². The Morgan fingerprint density at radius 2 is 2.00 bits per heavy atom. The molecule has 7 nitrogen and oxygen atoms in total. The highest BCUT2D eigenvalue weighted by molar-refractivity contribution is 5.94. The fourth-order valence-electron chi connectivity index (χ4n) is 3.14. The van der Waals surface area contributed by atoms with Crippen molar-refractivity contribution in [1.82, 2.24) is 24.9 Å². The van der Waals surface area contributed by atoms with Crippen LogP contribution >= 0.6 is 0 Å². The normalized spacial score (nSPS) is 18.2. The number of amides is 2. The van der Waals surface area contributed by atoms with Crippen molar-refractivity contribution < 1.29 is 9.59 Å². The van der Waals surface area contributed by atoms with E-state index in [0.29, 0.717) is 24.3 Å².